The maximum Gasteiger partial charge on any atom is 0.287 e. The number of furan rings is 1. The van der Waals surface area contributed by atoms with Crippen molar-refractivity contribution in [3.63, 3.8) is 0 Å². The molecule has 2 N–H and O–H groups in total. The van der Waals surface area contributed by atoms with Crippen molar-refractivity contribution in [2.45, 2.75) is 70.8 Å². The van der Waals surface area contributed by atoms with E-state index in [1.807, 2.05) is 25.8 Å². The van der Waals surface area contributed by atoms with Crippen molar-refractivity contribution in [2.24, 2.45) is 5.92 Å². The van der Waals surface area contributed by atoms with Crippen LogP contribution in [0.15, 0.2) is 34.9 Å². The molecule has 212 valence electrons. The van der Waals surface area contributed by atoms with Gasteiger partial charge in [-0.25, -0.2) is 4.39 Å². The third kappa shape index (κ3) is 7.26. The molecule has 0 bridgehead atoms. The molecule has 2 heterocycles. The third-order valence-corrected chi connectivity index (χ3v) is 8.18. The number of benzene rings is 1. The van der Waals surface area contributed by atoms with Crippen molar-refractivity contribution in [3.8, 4) is 0 Å². The lowest BCUT2D eigenvalue weighted by Crippen LogP contribution is -2.49. The maximum atomic E-state index is 15.2. The number of carbonyl (C=O) groups is 3. The monoisotopic (exact) mass is 540 g/mol. The summed E-state index contributed by atoms with van der Waals surface area (Å²) < 4.78 is 20.6. The Bertz CT molecular complexity index is 1150. The van der Waals surface area contributed by atoms with Crippen LogP contribution in [0.5, 0.6) is 0 Å². The molecule has 1 aliphatic carbocycles. The van der Waals surface area contributed by atoms with Crippen molar-refractivity contribution in [1.29, 1.82) is 0 Å². The Kier molecular flexibility index (Phi) is 9.78. The number of piperazine rings is 1. The van der Waals surface area contributed by atoms with Crippen LogP contribution >= 0.6 is 0 Å². The highest BCUT2D eigenvalue weighted by Gasteiger charge is 2.33. The van der Waals surface area contributed by atoms with E-state index in [1.54, 1.807) is 18.2 Å². The quantitative estimate of drug-likeness (QED) is 0.486. The topological polar surface area (TPSA) is 94.9 Å². The number of amides is 3. The van der Waals surface area contributed by atoms with Crippen LogP contribution in [-0.2, 0) is 16.0 Å². The minimum absolute atomic E-state index is 0.0364. The van der Waals surface area contributed by atoms with E-state index in [4.69, 9.17) is 4.42 Å². The Morgan fingerprint density at radius 1 is 1.08 bits per heavy atom. The Morgan fingerprint density at radius 3 is 2.46 bits per heavy atom. The van der Waals surface area contributed by atoms with Gasteiger partial charge in [0.1, 0.15) is 11.9 Å². The second-order valence-electron chi connectivity index (χ2n) is 11.0. The molecule has 3 amide bonds. The van der Waals surface area contributed by atoms with Gasteiger partial charge < -0.3 is 24.9 Å². The highest BCUT2D eigenvalue weighted by atomic mass is 19.1. The lowest BCUT2D eigenvalue weighted by atomic mass is 9.83. The summed E-state index contributed by atoms with van der Waals surface area (Å²) in [6.07, 6.45) is 7.11. The summed E-state index contributed by atoms with van der Waals surface area (Å²) in [6.45, 7) is 6.97. The molecular formula is C30H41FN4O4. The summed E-state index contributed by atoms with van der Waals surface area (Å²) in [5, 5.41) is 5.59. The van der Waals surface area contributed by atoms with Crippen molar-refractivity contribution in [1.82, 2.24) is 15.1 Å². The molecule has 2 unspecified atom stereocenters. The lowest BCUT2D eigenvalue weighted by molar-refractivity contribution is -0.133. The first-order chi connectivity index (χ1) is 18.8. The molecule has 0 radical (unpaired) electrons. The van der Waals surface area contributed by atoms with Gasteiger partial charge in [-0.1, -0.05) is 39.2 Å². The van der Waals surface area contributed by atoms with Crippen LogP contribution < -0.4 is 10.6 Å². The Morgan fingerprint density at radius 2 is 1.79 bits per heavy atom. The van der Waals surface area contributed by atoms with Gasteiger partial charge in [-0.05, 0) is 61.9 Å². The fourth-order valence-corrected chi connectivity index (χ4v) is 5.60. The number of halogens is 1. The number of nitrogens with one attached hydrogen (secondary N) is 2. The highest BCUT2D eigenvalue weighted by Crippen LogP contribution is 2.29. The molecule has 0 spiro atoms. The standard InChI is InChI=1S/C30H41FN4O4/c1-4-21-12-17-39-28(21)30(38)33-27(22-8-6-5-7-9-22)29(37)32-25-11-10-23(19-24(25)31)20(2)18-26(36)35-15-13-34(3)14-16-35/h10-12,17,19-20,22,27H,4-9,13-16,18H2,1-3H3,(H,32,37)(H,33,38). The molecule has 9 heteroatoms. The molecule has 39 heavy (non-hydrogen) atoms. The van der Waals surface area contributed by atoms with E-state index in [1.165, 1.54) is 12.3 Å². The van der Waals surface area contributed by atoms with E-state index in [0.717, 1.165) is 50.8 Å². The van der Waals surface area contributed by atoms with Crippen LogP contribution in [0.3, 0.4) is 0 Å². The first kappa shape index (κ1) is 28.8. The number of aryl methyl sites for hydroxylation is 1. The van der Waals surface area contributed by atoms with Crippen LogP contribution in [-0.4, -0.2) is 66.8 Å². The van der Waals surface area contributed by atoms with Gasteiger partial charge >= 0.3 is 0 Å². The summed E-state index contributed by atoms with van der Waals surface area (Å²) in [4.78, 5) is 43.2. The molecule has 4 rings (SSSR count). The van der Waals surface area contributed by atoms with Gasteiger partial charge in [-0.2, -0.15) is 0 Å². The molecule has 2 aromatic rings. The fraction of sp³-hybridized carbons (Fsp3) is 0.567. The van der Waals surface area contributed by atoms with E-state index in [9.17, 15) is 14.4 Å². The van der Waals surface area contributed by atoms with Gasteiger partial charge in [0.05, 0.1) is 12.0 Å². The number of hydrogen-bond donors (Lipinski definition) is 2. The smallest absolute Gasteiger partial charge is 0.287 e. The first-order valence-corrected chi connectivity index (χ1v) is 14.2. The Labute approximate surface area is 230 Å². The van der Waals surface area contributed by atoms with E-state index < -0.39 is 23.7 Å². The number of hydrogen-bond acceptors (Lipinski definition) is 5. The zero-order chi connectivity index (χ0) is 27.9. The second kappa shape index (κ2) is 13.2. The minimum Gasteiger partial charge on any atom is -0.459 e. The summed E-state index contributed by atoms with van der Waals surface area (Å²) in [5.74, 6) is -1.35. The molecule has 2 fully saturated rings. The van der Waals surface area contributed by atoms with Gasteiger partial charge in [-0.15, -0.1) is 0 Å². The van der Waals surface area contributed by atoms with E-state index in [-0.39, 0.29) is 29.2 Å². The average Bonchev–Trinajstić information content (AvgIpc) is 3.42. The van der Waals surface area contributed by atoms with Crippen molar-refractivity contribution >= 4 is 23.4 Å². The highest BCUT2D eigenvalue weighted by molar-refractivity contribution is 6.00. The molecule has 1 aromatic heterocycles. The molecule has 1 aliphatic heterocycles. The number of rotatable bonds is 9. The number of carbonyl (C=O) groups excluding carboxylic acids is 3. The van der Waals surface area contributed by atoms with Crippen LogP contribution in [0.1, 0.15) is 80.0 Å². The van der Waals surface area contributed by atoms with Crippen LogP contribution in [0, 0.1) is 11.7 Å². The predicted molar refractivity (Wildman–Crippen MR) is 148 cm³/mol. The third-order valence-electron chi connectivity index (χ3n) is 8.18. The molecule has 1 saturated heterocycles. The van der Waals surface area contributed by atoms with Crippen LogP contribution in [0.4, 0.5) is 10.1 Å². The number of anilines is 1. The minimum atomic E-state index is -0.799. The van der Waals surface area contributed by atoms with Crippen molar-refractivity contribution in [3.05, 3.63) is 53.2 Å². The Balaban J connectivity index is 1.42. The molecule has 2 aliphatic rings. The van der Waals surface area contributed by atoms with E-state index in [0.29, 0.717) is 31.5 Å². The maximum absolute atomic E-state index is 15.2. The van der Waals surface area contributed by atoms with Gasteiger partial charge in [-0.3, -0.25) is 14.4 Å². The molecule has 1 aromatic carbocycles. The van der Waals surface area contributed by atoms with Gasteiger partial charge in [0.2, 0.25) is 11.8 Å². The fourth-order valence-electron chi connectivity index (χ4n) is 5.60. The van der Waals surface area contributed by atoms with E-state index >= 15 is 4.39 Å². The van der Waals surface area contributed by atoms with Gasteiger partial charge in [0, 0.05) is 38.2 Å². The zero-order valence-corrected chi connectivity index (χ0v) is 23.3. The Hall–Kier alpha value is -3.20. The average molecular weight is 541 g/mol. The lowest BCUT2D eigenvalue weighted by Gasteiger charge is -2.33. The van der Waals surface area contributed by atoms with Crippen LogP contribution in [0.25, 0.3) is 0 Å². The largest absolute Gasteiger partial charge is 0.459 e. The van der Waals surface area contributed by atoms with Crippen molar-refractivity contribution in [2.75, 3.05) is 38.5 Å². The van der Waals surface area contributed by atoms with Gasteiger partial charge in [0.15, 0.2) is 5.76 Å². The second-order valence-corrected chi connectivity index (χ2v) is 11.0. The predicted octanol–water partition coefficient (Wildman–Crippen LogP) is 4.57. The summed E-state index contributed by atoms with van der Waals surface area (Å²) in [7, 11) is 2.04. The van der Waals surface area contributed by atoms with Crippen molar-refractivity contribution < 1.29 is 23.2 Å². The number of likely N-dealkylation sites (N-methyl/N-ethyl adjacent to an activating group) is 1. The van der Waals surface area contributed by atoms with Gasteiger partial charge in [0.25, 0.3) is 5.91 Å². The van der Waals surface area contributed by atoms with Crippen LogP contribution in [0.2, 0.25) is 0 Å². The summed E-state index contributed by atoms with van der Waals surface area (Å²) in [6, 6.07) is 5.64. The summed E-state index contributed by atoms with van der Waals surface area (Å²) >= 11 is 0. The summed E-state index contributed by atoms with van der Waals surface area (Å²) in [5.41, 5.74) is 1.54. The SMILES string of the molecule is CCc1ccoc1C(=O)NC(C(=O)Nc1ccc(C(C)CC(=O)N2CCN(C)CC2)cc1F)C1CCCCC1. The zero-order valence-electron chi connectivity index (χ0n) is 23.3. The molecular weight excluding hydrogens is 499 g/mol. The molecule has 8 nitrogen and oxygen atoms in total. The molecule has 2 atom stereocenters. The molecule has 1 saturated carbocycles. The van der Waals surface area contributed by atoms with E-state index in [2.05, 4.69) is 15.5 Å². The normalized spacial score (nSPS) is 18.4. The number of nitrogens with zero attached hydrogens (tertiary/aromatic N) is 2. The first-order valence-electron chi connectivity index (χ1n) is 14.2.